The summed E-state index contributed by atoms with van der Waals surface area (Å²) in [4.78, 5) is -0.0680. The Morgan fingerprint density at radius 1 is 1.20 bits per heavy atom. The monoisotopic (exact) mass is 370 g/mol. The maximum absolute atomic E-state index is 12.3. The first-order valence-corrected chi connectivity index (χ1v) is 8.06. The normalized spacial score (nSPS) is 10.8. The van der Waals surface area contributed by atoms with Gasteiger partial charge in [0.05, 0.1) is 16.3 Å². The van der Waals surface area contributed by atoms with Gasteiger partial charge in [-0.3, -0.25) is 4.72 Å². The number of hydrogen-bond acceptors (Lipinski definition) is 3. The zero-order chi connectivity index (χ0) is 14.8. The van der Waals surface area contributed by atoms with Gasteiger partial charge in [0.25, 0.3) is 10.0 Å². The number of nitrogens with zero attached hydrogens (tertiary/aromatic N) is 1. The van der Waals surface area contributed by atoms with Gasteiger partial charge in [-0.05, 0) is 46.3 Å². The number of halogens is 2. The largest absolute Gasteiger partial charge is 0.280 e. The van der Waals surface area contributed by atoms with E-state index in [0.717, 1.165) is 0 Å². The van der Waals surface area contributed by atoms with Gasteiger partial charge in [0.15, 0.2) is 0 Å². The molecule has 0 aliphatic rings. The van der Waals surface area contributed by atoms with Gasteiger partial charge in [0.2, 0.25) is 0 Å². The van der Waals surface area contributed by atoms with E-state index in [2.05, 4.69) is 20.7 Å². The van der Waals surface area contributed by atoms with Gasteiger partial charge in [-0.1, -0.05) is 23.7 Å². The van der Waals surface area contributed by atoms with Crippen LogP contribution in [0.15, 0.2) is 51.8 Å². The van der Waals surface area contributed by atoms with Gasteiger partial charge >= 0.3 is 0 Å². The Balaban J connectivity index is 2.41. The van der Waals surface area contributed by atoms with Crippen molar-refractivity contribution in [2.45, 2.75) is 4.90 Å². The second-order valence-electron chi connectivity index (χ2n) is 3.84. The fourth-order valence-electron chi connectivity index (χ4n) is 1.56. The maximum Gasteiger partial charge on any atom is 0.263 e. The van der Waals surface area contributed by atoms with Crippen LogP contribution in [0.3, 0.4) is 0 Å². The smallest absolute Gasteiger partial charge is 0.263 e. The molecule has 0 fully saturated rings. The molecule has 0 aromatic heterocycles. The van der Waals surface area contributed by atoms with Crippen molar-refractivity contribution in [3.8, 4) is 6.07 Å². The van der Waals surface area contributed by atoms with E-state index in [9.17, 15) is 8.42 Å². The summed E-state index contributed by atoms with van der Waals surface area (Å²) in [5.41, 5.74) is 0.411. The van der Waals surface area contributed by atoms with Gasteiger partial charge in [0, 0.05) is 4.47 Å². The topological polar surface area (TPSA) is 70.0 Å². The molecule has 2 aromatic carbocycles. The summed E-state index contributed by atoms with van der Waals surface area (Å²) in [5, 5.41) is 9.35. The molecule has 0 saturated carbocycles. The molecular weight excluding hydrogens is 364 g/mol. The van der Waals surface area contributed by atoms with E-state index < -0.39 is 10.0 Å². The summed E-state index contributed by atoms with van der Waals surface area (Å²) >= 11 is 9.14. The third-order valence-corrected chi connectivity index (χ3v) is 5.14. The standard InChI is InChI=1S/C13H8BrClN2O2S/c14-11-6-5-10(7-12(11)15)17-20(18,19)13-4-2-1-3-9(13)8-16/h1-7,17H. The fraction of sp³-hybridized carbons (Fsp3) is 0. The molecule has 0 radical (unpaired) electrons. The van der Waals surface area contributed by atoms with Gasteiger partial charge in [-0.25, -0.2) is 8.42 Å². The number of hydrogen-bond donors (Lipinski definition) is 1. The summed E-state index contributed by atoms with van der Waals surface area (Å²) in [6, 6.07) is 12.5. The molecule has 1 N–H and O–H groups in total. The molecule has 0 aliphatic carbocycles. The molecule has 0 saturated heterocycles. The third kappa shape index (κ3) is 3.12. The molecule has 0 heterocycles. The molecule has 0 atom stereocenters. The summed E-state index contributed by atoms with van der Waals surface area (Å²) in [5.74, 6) is 0. The summed E-state index contributed by atoms with van der Waals surface area (Å²) in [7, 11) is -3.83. The second-order valence-corrected chi connectivity index (χ2v) is 6.75. The van der Waals surface area contributed by atoms with Crippen molar-refractivity contribution in [2.24, 2.45) is 0 Å². The molecular formula is C13H8BrClN2O2S. The molecule has 4 nitrogen and oxygen atoms in total. The molecule has 0 bridgehead atoms. The Hall–Kier alpha value is -1.55. The SMILES string of the molecule is N#Cc1ccccc1S(=O)(=O)Nc1ccc(Br)c(Cl)c1. The lowest BCUT2D eigenvalue weighted by Crippen LogP contribution is -2.14. The Morgan fingerprint density at radius 2 is 1.90 bits per heavy atom. The first kappa shape index (κ1) is 14.9. The van der Waals surface area contributed by atoms with Crippen LogP contribution in [0.4, 0.5) is 5.69 Å². The van der Waals surface area contributed by atoms with E-state index in [1.807, 2.05) is 6.07 Å². The van der Waals surface area contributed by atoms with Crippen molar-refractivity contribution in [3.63, 3.8) is 0 Å². The zero-order valence-corrected chi connectivity index (χ0v) is 13.1. The van der Waals surface area contributed by atoms with E-state index in [-0.39, 0.29) is 10.5 Å². The number of anilines is 1. The third-order valence-electron chi connectivity index (χ3n) is 2.47. The Kier molecular flexibility index (Phi) is 4.33. The molecule has 102 valence electrons. The molecule has 20 heavy (non-hydrogen) atoms. The van der Waals surface area contributed by atoms with E-state index in [0.29, 0.717) is 15.2 Å². The molecule has 2 rings (SSSR count). The predicted octanol–water partition coefficient (Wildman–Crippen LogP) is 3.77. The average molecular weight is 372 g/mol. The highest BCUT2D eigenvalue weighted by molar-refractivity contribution is 9.10. The molecule has 7 heteroatoms. The molecule has 0 aliphatic heterocycles. The summed E-state index contributed by atoms with van der Waals surface area (Å²) in [6.45, 7) is 0. The van der Waals surface area contributed by atoms with E-state index in [1.54, 1.807) is 24.3 Å². The average Bonchev–Trinajstić information content (AvgIpc) is 2.42. The number of nitriles is 1. The van der Waals surface area contributed by atoms with Gasteiger partial charge in [0.1, 0.15) is 11.0 Å². The molecule has 0 spiro atoms. The van der Waals surface area contributed by atoms with Crippen molar-refractivity contribution in [1.29, 1.82) is 5.26 Å². The lowest BCUT2D eigenvalue weighted by atomic mass is 10.2. The first-order chi connectivity index (χ1) is 9.44. The van der Waals surface area contributed by atoms with Gasteiger partial charge in [-0.15, -0.1) is 0 Å². The van der Waals surface area contributed by atoms with E-state index in [1.165, 1.54) is 18.2 Å². The molecule has 2 aromatic rings. The van der Waals surface area contributed by atoms with Gasteiger partial charge < -0.3 is 0 Å². The highest BCUT2D eigenvalue weighted by Gasteiger charge is 2.18. The lowest BCUT2D eigenvalue weighted by Gasteiger charge is -2.09. The lowest BCUT2D eigenvalue weighted by molar-refractivity contribution is 0.601. The van der Waals surface area contributed by atoms with E-state index >= 15 is 0 Å². The van der Waals surface area contributed by atoms with E-state index in [4.69, 9.17) is 16.9 Å². The Labute approximate surface area is 130 Å². The molecule has 0 unspecified atom stereocenters. The minimum absolute atomic E-state index is 0.0680. The van der Waals surface area contributed by atoms with Crippen LogP contribution in [0.1, 0.15) is 5.56 Å². The van der Waals surface area contributed by atoms with Crippen molar-refractivity contribution < 1.29 is 8.42 Å². The highest BCUT2D eigenvalue weighted by Crippen LogP contribution is 2.27. The zero-order valence-electron chi connectivity index (χ0n) is 9.97. The predicted molar refractivity (Wildman–Crippen MR) is 81.1 cm³/mol. The van der Waals surface area contributed by atoms with Crippen LogP contribution >= 0.6 is 27.5 Å². The molecule has 0 amide bonds. The van der Waals surface area contributed by atoms with Crippen molar-refractivity contribution in [1.82, 2.24) is 0 Å². The van der Waals surface area contributed by atoms with Crippen LogP contribution < -0.4 is 4.72 Å². The van der Waals surface area contributed by atoms with Crippen LogP contribution in [0.25, 0.3) is 0 Å². The highest BCUT2D eigenvalue weighted by atomic mass is 79.9. The summed E-state index contributed by atoms with van der Waals surface area (Å²) in [6.07, 6.45) is 0. The van der Waals surface area contributed by atoms with Crippen LogP contribution in [0, 0.1) is 11.3 Å². The van der Waals surface area contributed by atoms with Crippen LogP contribution in [0.5, 0.6) is 0 Å². The first-order valence-electron chi connectivity index (χ1n) is 5.41. The Morgan fingerprint density at radius 3 is 2.55 bits per heavy atom. The second kappa shape index (κ2) is 5.83. The van der Waals surface area contributed by atoms with Crippen LogP contribution in [-0.2, 0) is 10.0 Å². The number of sulfonamides is 1. The van der Waals surface area contributed by atoms with Crippen molar-refractivity contribution >= 4 is 43.2 Å². The maximum atomic E-state index is 12.3. The van der Waals surface area contributed by atoms with Crippen molar-refractivity contribution in [3.05, 3.63) is 57.5 Å². The van der Waals surface area contributed by atoms with Crippen LogP contribution in [0.2, 0.25) is 5.02 Å². The minimum atomic E-state index is -3.83. The Bertz CT molecular complexity index is 800. The fourth-order valence-corrected chi connectivity index (χ4v) is 3.20. The summed E-state index contributed by atoms with van der Waals surface area (Å²) < 4.78 is 27.6. The number of rotatable bonds is 3. The van der Waals surface area contributed by atoms with Gasteiger partial charge in [-0.2, -0.15) is 5.26 Å². The van der Waals surface area contributed by atoms with Crippen molar-refractivity contribution in [2.75, 3.05) is 4.72 Å². The number of nitrogens with one attached hydrogen (secondary N) is 1. The van der Waals surface area contributed by atoms with Crippen LogP contribution in [-0.4, -0.2) is 8.42 Å². The minimum Gasteiger partial charge on any atom is -0.280 e. The number of benzene rings is 2. The quantitative estimate of drug-likeness (QED) is 0.892.